The van der Waals surface area contributed by atoms with Crippen LogP contribution in [0.3, 0.4) is 0 Å². The molecule has 0 aromatic heterocycles. The number of hydrogen-bond acceptors (Lipinski definition) is 3. The number of amides is 1. The summed E-state index contributed by atoms with van der Waals surface area (Å²) in [6.07, 6.45) is 1.55. The third-order valence-corrected chi connectivity index (χ3v) is 5.70. The molecule has 0 radical (unpaired) electrons. The highest BCUT2D eigenvalue weighted by molar-refractivity contribution is 5.97. The van der Waals surface area contributed by atoms with Crippen LogP contribution in [0.15, 0.2) is 54.6 Å². The molecular weight excluding hydrogens is 355 g/mol. The van der Waals surface area contributed by atoms with Crippen LogP contribution < -0.4 is 0 Å². The summed E-state index contributed by atoms with van der Waals surface area (Å²) in [5.74, 6) is -0.0132. The smallest absolute Gasteiger partial charge is 0.236 e. The Labute approximate surface area is 166 Å². The normalized spacial score (nSPS) is 16.5. The minimum atomic E-state index is -0.280. The number of halogens is 1. The van der Waals surface area contributed by atoms with Crippen LogP contribution in [-0.2, 0) is 4.79 Å². The molecule has 1 aliphatic rings. The van der Waals surface area contributed by atoms with E-state index in [-0.39, 0.29) is 29.5 Å². The lowest BCUT2D eigenvalue weighted by atomic mass is 9.89. The van der Waals surface area contributed by atoms with Crippen molar-refractivity contribution < 1.29 is 14.0 Å². The lowest BCUT2D eigenvalue weighted by Gasteiger charge is -2.33. The van der Waals surface area contributed by atoms with Gasteiger partial charge in [-0.15, -0.1) is 0 Å². The Morgan fingerprint density at radius 3 is 2.29 bits per heavy atom. The van der Waals surface area contributed by atoms with E-state index < -0.39 is 0 Å². The number of hydrogen-bond donors (Lipinski definition) is 0. The second-order valence-corrected chi connectivity index (χ2v) is 7.51. The Bertz CT molecular complexity index is 799. The highest BCUT2D eigenvalue weighted by atomic mass is 19.1. The van der Waals surface area contributed by atoms with E-state index in [1.54, 1.807) is 24.1 Å². The maximum atomic E-state index is 13.1. The molecule has 1 heterocycles. The summed E-state index contributed by atoms with van der Waals surface area (Å²) in [6.45, 7) is 3.77. The Balaban J connectivity index is 1.50. The molecule has 0 bridgehead atoms. The van der Waals surface area contributed by atoms with Gasteiger partial charge in [-0.25, -0.2) is 4.39 Å². The van der Waals surface area contributed by atoms with Gasteiger partial charge in [-0.1, -0.05) is 42.5 Å². The van der Waals surface area contributed by atoms with Gasteiger partial charge < -0.3 is 4.90 Å². The first-order valence-electron chi connectivity index (χ1n) is 9.78. The van der Waals surface area contributed by atoms with E-state index in [1.807, 2.05) is 37.3 Å². The lowest BCUT2D eigenvalue weighted by Crippen LogP contribution is -2.43. The van der Waals surface area contributed by atoms with Crippen molar-refractivity contribution in [2.24, 2.45) is 5.92 Å². The molecule has 5 heteroatoms. The second kappa shape index (κ2) is 9.11. The Hall–Kier alpha value is -2.53. The molecule has 1 saturated heterocycles. The van der Waals surface area contributed by atoms with Crippen molar-refractivity contribution in [2.45, 2.75) is 25.8 Å². The van der Waals surface area contributed by atoms with Crippen LogP contribution >= 0.6 is 0 Å². The van der Waals surface area contributed by atoms with Crippen molar-refractivity contribution in [1.29, 1.82) is 0 Å². The van der Waals surface area contributed by atoms with Gasteiger partial charge in [0.15, 0.2) is 5.78 Å². The quantitative estimate of drug-likeness (QED) is 0.711. The van der Waals surface area contributed by atoms with Crippen LogP contribution in [0.5, 0.6) is 0 Å². The largest absolute Gasteiger partial charge is 0.338 e. The minimum Gasteiger partial charge on any atom is -0.338 e. The van der Waals surface area contributed by atoms with E-state index in [2.05, 4.69) is 4.90 Å². The highest BCUT2D eigenvalue weighted by Crippen LogP contribution is 2.23. The van der Waals surface area contributed by atoms with Crippen LogP contribution in [0.1, 0.15) is 41.7 Å². The van der Waals surface area contributed by atoms with E-state index in [9.17, 15) is 14.0 Å². The monoisotopic (exact) mass is 382 g/mol. The summed E-state index contributed by atoms with van der Waals surface area (Å²) in [6, 6.07) is 15.6. The standard InChI is InChI=1S/C23H27FN2O2/c1-17(18-8-10-21(24)11-9-18)25(2)22(27)16-26-14-12-20(13-15-26)23(28)19-6-4-3-5-7-19/h3-11,17,20H,12-16H2,1-2H3. The lowest BCUT2D eigenvalue weighted by molar-refractivity contribution is -0.133. The molecule has 2 aromatic carbocycles. The van der Waals surface area contributed by atoms with Gasteiger partial charge in [0.1, 0.15) is 5.82 Å². The molecule has 1 amide bonds. The van der Waals surface area contributed by atoms with Gasteiger partial charge in [0, 0.05) is 18.5 Å². The topological polar surface area (TPSA) is 40.6 Å². The van der Waals surface area contributed by atoms with Gasteiger partial charge >= 0.3 is 0 Å². The van der Waals surface area contributed by atoms with Crippen molar-refractivity contribution in [2.75, 3.05) is 26.7 Å². The fourth-order valence-corrected chi connectivity index (χ4v) is 3.68. The van der Waals surface area contributed by atoms with E-state index in [0.29, 0.717) is 6.54 Å². The number of rotatable bonds is 6. The van der Waals surface area contributed by atoms with Gasteiger partial charge in [0.25, 0.3) is 0 Å². The molecule has 28 heavy (non-hydrogen) atoms. The predicted octanol–water partition coefficient (Wildman–Crippen LogP) is 3.94. The molecule has 148 valence electrons. The van der Waals surface area contributed by atoms with E-state index in [0.717, 1.165) is 37.1 Å². The molecule has 1 atom stereocenters. The second-order valence-electron chi connectivity index (χ2n) is 7.51. The molecule has 4 nitrogen and oxygen atoms in total. The number of piperidine rings is 1. The van der Waals surface area contributed by atoms with Gasteiger partial charge in [0.2, 0.25) is 5.91 Å². The maximum absolute atomic E-state index is 13.1. The number of Topliss-reactive ketones (excluding diaryl/α,β-unsaturated/α-hetero) is 1. The third kappa shape index (κ3) is 4.84. The van der Waals surface area contributed by atoms with E-state index in [1.165, 1.54) is 12.1 Å². The number of carbonyl (C=O) groups is 2. The molecular formula is C23H27FN2O2. The fraction of sp³-hybridized carbons (Fsp3) is 0.391. The summed E-state index contributed by atoms with van der Waals surface area (Å²) in [5.41, 5.74) is 1.68. The Morgan fingerprint density at radius 1 is 1.07 bits per heavy atom. The molecule has 3 rings (SSSR count). The summed E-state index contributed by atoms with van der Waals surface area (Å²) < 4.78 is 13.1. The Morgan fingerprint density at radius 2 is 1.68 bits per heavy atom. The molecule has 2 aromatic rings. The summed E-state index contributed by atoms with van der Waals surface area (Å²) >= 11 is 0. The van der Waals surface area contributed by atoms with Crippen molar-refractivity contribution >= 4 is 11.7 Å². The zero-order valence-corrected chi connectivity index (χ0v) is 16.5. The number of carbonyl (C=O) groups excluding carboxylic acids is 2. The third-order valence-electron chi connectivity index (χ3n) is 5.70. The summed E-state index contributed by atoms with van der Waals surface area (Å²) in [5, 5.41) is 0. The molecule has 0 spiro atoms. The molecule has 1 fully saturated rings. The number of benzene rings is 2. The minimum absolute atomic E-state index is 0.0321. The zero-order chi connectivity index (χ0) is 20.1. The number of likely N-dealkylation sites (N-methyl/N-ethyl adjacent to an activating group) is 1. The number of ketones is 1. The van der Waals surface area contributed by atoms with Crippen LogP contribution in [0.2, 0.25) is 0 Å². The van der Waals surface area contributed by atoms with Crippen LogP contribution in [-0.4, -0.2) is 48.2 Å². The van der Waals surface area contributed by atoms with Crippen LogP contribution in [0, 0.1) is 11.7 Å². The molecule has 0 aliphatic carbocycles. The van der Waals surface area contributed by atoms with Crippen LogP contribution in [0.4, 0.5) is 4.39 Å². The average Bonchev–Trinajstić information content (AvgIpc) is 2.74. The first kappa shape index (κ1) is 20.2. The predicted molar refractivity (Wildman–Crippen MR) is 108 cm³/mol. The summed E-state index contributed by atoms with van der Waals surface area (Å²) in [7, 11) is 1.78. The van der Waals surface area contributed by atoms with Crippen molar-refractivity contribution in [3.63, 3.8) is 0 Å². The summed E-state index contributed by atoms with van der Waals surface area (Å²) in [4.78, 5) is 29.1. The SMILES string of the molecule is CC(c1ccc(F)cc1)N(C)C(=O)CN1CCC(C(=O)c2ccccc2)CC1. The van der Waals surface area contributed by atoms with E-state index >= 15 is 0 Å². The molecule has 0 N–H and O–H groups in total. The highest BCUT2D eigenvalue weighted by Gasteiger charge is 2.27. The first-order chi connectivity index (χ1) is 13.5. The Kier molecular flexibility index (Phi) is 6.57. The van der Waals surface area contributed by atoms with Gasteiger partial charge in [-0.05, 0) is 50.6 Å². The van der Waals surface area contributed by atoms with Gasteiger partial charge in [-0.3, -0.25) is 14.5 Å². The maximum Gasteiger partial charge on any atom is 0.236 e. The van der Waals surface area contributed by atoms with Crippen molar-refractivity contribution in [3.8, 4) is 0 Å². The van der Waals surface area contributed by atoms with Gasteiger partial charge in [0.05, 0.1) is 12.6 Å². The number of likely N-dealkylation sites (tertiary alicyclic amines) is 1. The van der Waals surface area contributed by atoms with Crippen LogP contribution in [0.25, 0.3) is 0 Å². The molecule has 1 unspecified atom stereocenters. The average molecular weight is 382 g/mol. The fourth-order valence-electron chi connectivity index (χ4n) is 3.68. The van der Waals surface area contributed by atoms with Crippen molar-refractivity contribution in [3.05, 3.63) is 71.5 Å². The van der Waals surface area contributed by atoms with E-state index in [4.69, 9.17) is 0 Å². The van der Waals surface area contributed by atoms with Crippen molar-refractivity contribution in [1.82, 2.24) is 9.80 Å². The molecule has 1 aliphatic heterocycles. The first-order valence-corrected chi connectivity index (χ1v) is 9.78. The number of nitrogens with zero attached hydrogens (tertiary/aromatic N) is 2. The van der Waals surface area contributed by atoms with Gasteiger partial charge in [-0.2, -0.15) is 0 Å². The zero-order valence-electron chi connectivity index (χ0n) is 16.5. The molecule has 0 saturated carbocycles.